The first-order valence-electron chi connectivity index (χ1n) is 9.44. The van der Waals surface area contributed by atoms with Gasteiger partial charge in [-0.1, -0.05) is 0 Å². The number of halogens is 3. The molecule has 0 aliphatic carbocycles. The summed E-state index contributed by atoms with van der Waals surface area (Å²) in [7, 11) is 0. The first-order valence-corrected chi connectivity index (χ1v) is 9.44. The summed E-state index contributed by atoms with van der Waals surface area (Å²) >= 11 is 0. The number of alkyl halides is 3. The minimum Gasteiger partial charge on any atom is -0.379 e. The average molecular weight is 415 g/mol. The topological polar surface area (TPSA) is 90.6 Å². The van der Waals surface area contributed by atoms with Crippen molar-refractivity contribution in [2.24, 2.45) is 0 Å². The molecule has 0 saturated carbocycles. The predicted molar refractivity (Wildman–Crippen MR) is 96.4 cm³/mol. The van der Waals surface area contributed by atoms with Crippen LogP contribution < -0.4 is 5.32 Å². The van der Waals surface area contributed by atoms with E-state index < -0.39 is 12.0 Å². The lowest BCUT2D eigenvalue weighted by atomic mass is 10.1. The third-order valence-corrected chi connectivity index (χ3v) is 4.78. The van der Waals surface area contributed by atoms with Gasteiger partial charge in [0.25, 0.3) is 11.6 Å². The molecule has 160 valence electrons. The summed E-state index contributed by atoms with van der Waals surface area (Å²) in [4.78, 5) is 19.8. The van der Waals surface area contributed by atoms with Crippen LogP contribution in [0.2, 0.25) is 0 Å². The maximum atomic E-state index is 12.9. The van der Waals surface area contributed by atoms with E-state index in [9.17, 15) is 18.0 Å². The van der Waals surface area contributed by atoms with Crippen LogP contribution in [-0.2, 0) is 26.9 Å². The van der Waals surface area contributed by atoms with Gasteiger partial charge in [-0.2, -0.15) is 18.2 Å². The van der Waals surface area contributed by atoms with E-state index in [1.807, 2.05) is 6.92 Å². The SMILES string of the molecule is Cc1nc2nc(C(F)(F)F)nn2c(C)c1CCC(=O)N[C@@H](C)CO[C@@H]1CCOC1. The maximum Gasteiger partial charge on any atom is 0.453 e. The molecule has 3 rings (SSSR count). The molecule has 11 heteroatoms. The first-order chi connectivity index (χ1) is 13.6. The van der Waals surface area contributed by atoms with Crippen LogP contribution in [0, 0.1) is 13.8 Å². The number of nitrogens with zero attached hydrogens (tertiary/aromatic N) is 4. The van der Waals surface area contributed by atoms with Crippen LogP contribution in [0.4, 0.5) is 13.2 Å². The van der Waals surface area contributed by atoms with Crippen molar-refractivity contribution in [2.45, 2.75) is 58.4 Å². The number of nitrogens with one attached hydrogen (secondary N) is 1. The minimum atomic E-state index is -4.64. The van der Waals surface area contributed by atoms with Crippen molar-refractivity contribution >= 4 is 11.7 Å². The molecule has 0 unspecified atom stereocenters. The molecule has 29 heavy (non-hydrogen) atoms. The van der Waals surface area contributed by atoms with Gasteiger partial charge in [0, 0.05) is 30.5 Å². The summed E-state index contributed by atoms with van der Waals surface area (Å²) < 4.78 is 50.6. The molecule has 0 radical (unpaired) electrons. The largest absolute Gasteiger partial charge is 0.453 e. The summed E-state index contributed by atoms with van der Waals surface area (Å²) in [5, 5.41) is 6.38. The van der Waals surface area contributed by atoms with Gasteiger partial charge < -0.3 is 14.8 Å². The second-order valence-electron chi connectivity index (χ2n) is 7.19. The standard InChI is InChI=1S/C18H24F3N5O3/c1-10(8-29-13-6-7-28-9-13)22-15(27)5-4-14-11(2)23-17-24-16(18(19,20)21)25-26(17)12(14)3/h10,13H,4-9H2,1-3H3,(H,22,27)/t10-,13+/m0/s1. The van der Waals surface area contributed by atoms with Gasteiger partial charge >= 0.3 is 6.18 Å². The molecule has 1 aliphatic rings. The average Bonchev–Trinajstić information content (AvgIpc) is 3.28. The number of amides is 1. The lowest BCUT2D eigenvalue weighted by Gasteiger charge is -2.17. The minimum absolute atomic E-state index is 0.0710. The first kappa shape index (κ1) is 21.4. The van der Waals surface area contributed by atoms with Crippen LogP contribution in [0.5, 0.6) is 0 Å². The van der Waals surface area contributed by atoms with Gasteiger partial charge in [0.05, 0.1) is 19.3 Å². The highest BCUT2D eigenvalue weighted by atomic mass is 19.4. The lowest BCUT2D eigenvalue weighted by Crippen LogP contribution is -2.37. The van der Waals surface area contributed by atoms with Crippen LogP contribution in [-0.4, -0.2) is 57.5 Å². The monoisotopic (exact) mass is 415 g/mol. The highest BCUT2D eigenvalue weighted by Crippen LogP contribution is 2.27. The number of ether oxygens (including phenoxy) is 2. The number of hydrogen-bond acceptors (Lipinski definition) is 6. The van der Waals surface area contributed by atoms with E-state index in [4.69, 9.17) is 9.47 Å². The Balaban J connectivity index is 1.59. The molecule has 1 amide bonds. The van der Waals surface area contributed by atoms with Gasteiger partial charge in [-0.15, -0.1) is 5.10 Å². The number of fused-ring (bicyclic) bond motifs is 1. The second kappa shape index (κ2) is 8.62. The van der Waals surface area contributed by atoms with Crippen molar-refractivity contribution in [3.63, 3.8) is 0 Å². The summed E-state index contributed by atoms with van der Waals surface area (Å²) in [6.45, 7) is 6.84. The zero-order chi connectivity index (χ0) is 21.2. The molecular formula is C18H24F3N5O3. The maximum absolute atomic E-state index is 12.9. The van der Waals surface area contributed by atoms with E-state index in [1.54, 1.807) is 13.8 Å². The molecule has 1 saturated heterocycles. The van der Waals surface area contributed by atoms with Crippen molar-refractivity contribution in [2.75, 3.05) is 19.8 Å². The Hall–Kier alpha value is -2.27. The zero-order valence-electron chi connectivity index (χ0n) is 16.5. The molecule has 2 aromatic rings. The molecule has 0 bridgehead atoms. The van der Waals surface area contributed by atoms with E-state index in [2.05, 4.69) is 20.4 Å². The third-order valence-electron chi connectivity index (χ3n) is 4.78. The van der Waals surface area contributed by atoms with E-state index >= 15 is 0 Å². The van der Waals surface area contributed by atoms with Crippen LogP contribution in [0.25, 0.3) is 5.78 Å². The molecular weight excluding hydrogens is 391 g/mol. The van der Waals surface area contributed by atoms with Crippen molar-refractivity contribution < 1.29 is 27.4 Å². The molecule has 0 aromatic carbocycles. The van der Waals surface area contributed by atoms with Gasteiger partial charge in [-0.3, -0.25) is 4.79 Å². The number of aryl methyl sites for hydroxylation is 2. The fraction of sp³-hybridized carbons (Fsp3) is 0.667. The lowest BCUT2D eigenvalue weighted by molar-refractivity contribution is -0.144. The zero-order valence-corrected chi connectivity index (χ0v) is 16.5. The molecule has 1 N–H and O–H groups in total. The molecule has 8 nitrogen and oxygen atoms in total. The number of carbonyl (C=O) groups excluding carboxylic acids is 1. The Kier molecular flexibility index (Phi) is 6.37. The molecule has 2 atom stereocenters. The van der Waals surface area contributed by atoms with Gasteiger partial charge in [-0.05, 0) is 39.2 Å². The summed E-state index contributed by atoms with van der Waals surface area (Å²) in [5.41, 5.74) is 1.70. The second-order valence-corrected chi connectivity index (χ2v) is 7.19. The Morgan fingerprint density at radius 3 is 2.79 bits per heavy atom. The van der Waals surface area contributed by atoms with E-state index in [-0.39, 0.29) is 30.3 Å². The van der Waals surface area contributed by atoms with Crippen LogP contribution in [0.1, 0.15) is 42.5 Å². The molecule has 0 spiro atoms. The Morgan fingerprint density at radius 1 is 1.38 bits per heavy atom. The van der Waals surface area contributed by atoms with Crippen LogP contribution in [0.15, 0.2) is 0 Å². The van der Waals surface area contributed by atoms with Crippen molar-refractivity contribution in [3.8, 4) is 0 Å². The fourth-order valence-electron chi connectivity index (χ4n) is 3.24. The van der Waals surface area contributed by atoms with Crippen molar-refractivity contribution in [3.05, 3.63) is 22.8 Å². The summed E-state index contributed by atoms with van der Waals surface area (Å²) in [6.07, 6.45) is -3.21. The number of hydrogen-bond donors (Lipinski definition) is 1. The van der Waals surface area contributed by atoms with Gasteiger partial charge in [-0.25, -0.2) is 9.50 Å². The van der Waals surface area contributed by atoms with E-state index in [0.717, 1.165) is 10.9 Å². The van der Waals surface area contributed by atoms with E-state index in [1.165, 1.54) is 0 Å². The molecule has 2 aromatic heterocycles. The number of carbonyl (C=O) groups is 1. The summed E-state index contributed by atoms with van der Waals surface area (Å²) in [5.74, 6) is -1.51. The highest BCUT2D eigenvalue weighted by Gasteiger charge is 2.37. The normalized spacial score (nSPS) is 18.3. The fourth-order valence-corrected chi connectivity index (χ4v) is 3.24. The smallest absolute Gasteiger partial charge is 0.379 e. The van der Waals surface area contributed by atoms with Gasteiger partial charge in [0.1, 0.15) is 0 Å². The quantitative estimate of drug-likeness (QED) is 0.744. The third kappa shape index (κ3) is 5.21. The van der Waals surface area contributed by atoms with Gasteiger partial charge in [0.15, 0.2) is 0 Å². The number of aromatic nitrogens is 4. The van der Waals surface area contributed by atoms with E-state index in [0.29, 0.717) is 43.2 Å². The molecule has 3 heterocycles. The van der Waals surface area contributed by atoms with Crippen LogP contribution >= 0.6 is 0 Å². The molecule has 1 aliphatic heterocycles. The highest BCUT2D eigenvalue weighted by molar-refractivity contribution is 5.76. The number of rotatable bonds is 7. The molecule has 1 fully saturated rings. The summed E-state index contributed by atoms with van der Waals surface area (Å²) in [6, 6.07) is -0.157. The van der Waals surface area contributed by atoms with Crippen molar-refractivity contribution in [1.29, 1.82) is 0 Å². The van der Waals surface area contributed by atoms with Crippen molar-refractivity contribution in [1.82, 2.24) is 24.9 Å². The Bertz CT molecular complexity index is 878. The predicted octanol–water partition coefficient (Wildman–Crippen LogP) is 2.00. The Labute approximate surface area is 165 Å². The van der Waals surface area contributed by atoms with Crippen LogP contribution in [0.3, 0.4) is 0 Å². The van der Waals surface area contributed by atoms with Gasteiger partial charge in [0.2, 0.25) is 5.91 Å². The Morgan fingerprint density at radius 2 is 2.14 bits per heavy atom.